The fourth-order valence-corrected chi connectivity index (χ4v) is 1.75. The number of rotatable bonds is 4. The van der Waals surface area contributed by atoms with Crippen LogP contribution in [-0.4, -0.2) is 17.8 Å². The van der Waals surface area contributed by atoms with E-state index in [1.165, 1.54) is 12.1 Å². The Labute approximate surface area is 94.1 Å². The van der Waals surface area contributed by atoms with Crippen LogP contribution in [0.25, 0.3) is 0 Å². The molecule has 0 heterocycles. The second-order valence-corrected chi connectivity index (χ2v) is 4.05. The van der Waals surface area contributed by atoms with Gasteiger partial charge in [-0.3, -0.25) is 0 Å². The number of nitrogens with one attached hydrogen (secondary N) is 1. The summed E-state index contributed by atoms with van der Waals surface area (Å²) in [5.74, 6) is -0.342. The molecule has 1 aromatic carbocycles. The number of benzene rings is 1. The van der Waals surface area contributed by atoms with Crippen molar-refractivity contribution in [3.05, 3.63) is 34.6 Å². The zero-order chi connectivity index (χ0) is 11.4. The Kier molecular flexibility index (Phi) is 4.51. The quantitative estimate of drug-likeness (QED) is 0.835. The van der Waals surface area contributed by atoms with Crippen molar-refractivity contribution in [2.45, 2.75) is 25.9 Å². The Hall–Kier alpha value is -0.640. The van der Waals surface area contributed by atoms with E-state index in [0.717, 1.165) is 5.56 Å². The summed E-state index contributed by atoms with van der Waals surface area (Å²) < 4.78 is 12.8. The van der Waals surface area contributed by atoms with Gasteiger partial charge in [-0.1, -0.05) is 17.7 Å². The SMILES string of the molecule is C[C@H](N[C@@H](C)CO)c1ccc(F)cc1Cl. The molecule has 0 aliphatic rings. The number of hydrogen-bond acceptors (Lipinski definition) is 2. The van der Waals surface area contributed by atoms with E-state index < -0.39 is 0 Å². The minimum atomic E-state index is -0.342. The molecule has 2 N–H and O–H groups in total. The molecule has 84 valence electrons. The third kappa shape index (κ3) is 3.45. The Balaban J connectivity index is 2.77. The molecule has 2 nitrogen and oxygen atoms in total. The first-order valence-electron chi connectivity index (χ1n) is 4.86. The second-order valence-electron chi connectivity index (χ2n) is 3.64. The smallest absolute Gasteiger partial charge is 0.124 e. The molecule has 0 fully saturated rings. The van der Waals surface area contributed by atoms with E-state index in [2.05, 4.69) is 5.32 Å². The van der Waals surface area contributed by atoms with E-state index in [4.69, 9.17) is 16.7 Å². The molecule has 4 heteroatoms. The van der Waals surface area contributed by atoms with E-state index in [9.17, 15) is 4.39 Å². The predicted molar refractivity (Wildman–Crippen MR) is 59.5 cm³/mol. The van der Waals surface area contributed by atoms with Crippen LogP contribution in [0, 0.1) is 5.82 Å². The van der Waals surface area contributed by atoms with Crippen LogP contribution < -0.4 is 5.32 Å². The fraction of sp³-hybridized carbons (Fsp3) is 0.455. The molecule has 0 aliphatic heterocycles. The normalized spacial score (nSPS) is 15.0. The van der Waals surface area contributed by atoms with Crippen LogP contribution >= 0.6 is 11.6 Å². The lowest BCUT2D eigenvalue weighted by Gasteiger charge is -2.19. The van der Waals surface area contributed by atoms with E-state index >= 15 is 0 Å². The molecule has 0 saturated heterocycles. The summed E-state index contributed by atoms with van der Waals surface area (Å²) in [4.78, 5) is 0. The number of aliphatic hydroxyl groups is 1. The summed E-state index contributed by atoms with van der Waals surface area (Å²) in [6.45, 7) is 3.85. The highest BCUT2D eigenvalue weighted by atomic mass is 35.5. The number of hydrogen-bond donors (Lipinski definition) is 2. The largest absolute Gasteiger partial charge is 0.395 e. The summed E-state index contributed by atoms with van der Waals surface area (Å²) in [5.41, 5.74) is 0.832. The molecule has 2 atom stereocenters. The molecule has 0 unspecified atom stereocenters. The van der Waals surface area contributed by atoms with E-state index in [0.29, 0.717) is 5.02 Å². The van der Waals surface area contributed by atoms with Gasteiger partial charge in [-0.2, -0.15) is 0 Å². The highest BCUT2D eigenvalue weighted by molar-refractivity contribution is 6.31. The van der Waals surface area contributed by atoms with E-state index in [1.54, 1.807) is 6.07 Å². The van der Waals surface area contributed by atoms with Gasteiger partial charge in [0.2, 0.25) is 0 Å². The van der Waals surface area contributed by atoms with Crippen LogP contribution in [0.2, 0.25) is 5.02 Å². The van der Waals surface area contributed by atoms with Gasteiger partial charge in [-0.15, -0.1) is 0 Å². The molecule has 0 spiro atoms. The molecule has 0 bridgehead atoms. The standard InChI is InChI=1S/C11H15ClFNO/c1-7(6-15)14-8(2)10-4-3-9(13)5-11(10)12/h3-5,7-8,14-15H,6H2,1-2H3/t7-,8-/m0/s1. The highest BCUT2D eigenvalue weighted by Gasteiger charge is 2.12. The number of aliphatic hydroxyl groups excluding tert-OH is 1. The van der Waals surface area contributed by atoms with Crippen LogP contribution in [0.1, 0.15) is 25.5 Å². The zero-order valence-corrected chi connectivity index (χ0v) is 9.55. The Morgan fingerprint density at radius 1 is 1.47 bits per heavy atom. The Bertz CT molecular complexity index is 332. The predicted octanol–water partition coefficient (Wildman–Crippen LogP) is 2.51. The minimum Gasteiger partial charge on any atom is -0.395 e. The Morgan fingerprint density at radius 2 is 2.13 bits per heavy atom. The van der Waals surface area contributed by atoms with Crippen molar-refractivity contribution >= 4 is 11.6 Å². The van der Waals surface area contributed by atoms with Crippen LogP contribution in [0.5, 0.6) is 0 Å². The second kappa shape index (κ2) is 5.45. The summed E-state index contributed by atoms with van der Waals surface area (Å²) in [5, 5.41) is 12.4. The van der Waals surface area contributed by atoms with Gasteiger partial charge in [-0.25, -0.2) is 4.39 Å². The molecule has 0 saturated carbocycles. The van der Waals surface area contributed by atoms with Gasteiger partial charge in [0.25, 0.3) is 0 Å². The number of halogens is 2. The lowest BCUT2D eigenvalue weighted by Crippen LogP contribution is -2.31. The lowest BCUT2D eigenvalue weighted by atomic mass is 10.1. The summed E-state index contributed by atoms with van der Waals surface area (Å²) in [6.07, 6.45) is 0. The van der Waals surface area contributed by atoms with Gasteiger partial charge < -0.3 is 10.4 Å². The van der Waals surface area contributed by atoms with E-state index in [-0.39, 0.29) is 24.5 Å². The van der Waals surface area contributed by atoms with Crippen molar-refractivity contribution in [2.75, 3.05) is 6.61 Å². The fourth-order valence-electron chi connectivity index (χ4n) is 1.42. The maximum absolute atomic E-state index is 12.8. The minimum absolute atomic E-state index is 0.0129. The lowest BCUT2D eigenvalue weighted by molar-refractivity contribution is 0.243. The zero-order valence-electron chi connectivity index (χ0n) is 8.80. The molecule has 0 aromatic heterocycles. The summed E-state index contributed by atoms with van der Waals surface area (Å²) >= 11 is 5.91. The average molecular weight is 232 g/mol. The third-order valence-corrected chi connectivity index (χ3v) is 2.56. The van der Waals surface area contributed by atoms with Crippen molar-refractivity contribution in [1.29, 1.82) is 0 Å². The van der Waals surface area contributed by atoms with Gasteiger partial charge in [0.05, 0.1) is 6.61 Å². The van der Waals surface area contributed by atoms with Gasteiger partial charge >= 0.3 is 0 Å². The molecular weight excluding hydrogens is 217 g/mol. The first-order valence-corrected chi connectivity index (χ1v) is 5.24. The van der Waals surface area contributed by atoms with Crippen LogP contribution in [-0.2, 0) is 0 Å². The molecule has 1 rings (SSSR count). The monoisotopic (exact) mass is 231 g/mol. The maximum Gasteiger partial charge on any atom is 0.124 e. The van der Waals surface area contributed by atoms with Gasteiger partial charge in [0.1, 0.15) is 5.82 Å². The van der Waals surface area contributed by atoms with Crippen molar-refractivity contribution in [1.82, 2.24) is 5.32 Å². The first-order chi connectivity index (χ1) is 7.04. The van der Waals surface area contributed by atoms with Gasteiger partial charge in [-0.05, 0) is 31.5 Å². The molecule has 0 radical (unpaired) electrons. The van der Waals surface area contributed by atoms with Crippen LogP contribution in [0.4, 0.5) is 4.39 Å². The van der Waals surface area contributed by atoms with Crippen molar-refractivity contribution in [3.8, 4) is 0 Å². The Morgan fingerprint density at radius 3 is 2.67 bits per heavy atom. The molecule has 15 heavy (non-hydrogen) atoms. The summed E-state index contributed by atoms with van der Waals surface area (Å²) in [7, 11) is 0. The topological polar surface area (TPSA) is 32.3 Å². The molecule has 0 amide bonds. The molecule has 1 aromatic rings. The summed E-state index contributed by atoms with van der Waals surface area (Å²) in [6, 6.07) is 4.29. The van der Waals surface area contributed by atoms with Crippen LogP contribution in [0.3, 0.4) is 0 Å². The van der Waals surface area contributed by atoms with Crippen LogP contribution in [0.15, 0.2) is 18.2 Å². The van der Waals surface area contributed by atoms with E-state index in [1.807, 2.05) is 13.8 Å². The molecule has 0 aliphatic carbocycles. The third-order valence-electron chi connectivity index (χ3n) is 2.24. The van der Waals surface area contributed by atoms with Crippen molar-refractivity contribution < 1.29 is 9.50 Å². The highest BCUT2D eigenvalue weighted by Crippen LogP contribution is 2.23. The van der Waals surface area contributed by atoms with Crippen molar-refractivity contribution in [2.24, 2.45) is 0 Å². The van der Waals surface area contributed by atoms with Gasteiger partial charge in [0.15, 0.2) is 0 Å². The maximum atomic E-state index is 12.8. The first kappa shape index (κ1) is 12.4. The van der Waals surface area contributed by atoms with Crippen molar-refractivity contribution in [3.63, 3.8) is 0 Å². The average Bonchev–Trinajstić information content (AvgIpc) is 2.17. The molecular formula is C11H15ClFNO. The van der Waals surface area contributed by atoms with Gasteiger partial charge in [0, 0.05) is 17.1 Å².